The highest BCUT2D eigenvalue weighted by Gasteiger charge is 2.23. The minimum atomic E-state index is -3.91. The van der Waals surface area contributed by atoms with Crippen LogP contribution in [0.25, 0.3) is 0 Å². The number of ketones is 1. The van der Waals surface area contributed by atoms with Gasteiger partial charge in [0.05, 0.1) is 18.0 Å². The number of guanidine groups is 1. The van der Waals surface area contributed by atoms with Gasteiger partial charge in [-0.05, 0) is 56.4 Å². The molecule has 0 saturated carbocycles. The third-order valence-electron chi connectivity index (χ3n) is 4.64. The maximum absolute atomic E-state index is 12.8. The van der Waals surface area contributed by atoms with Crippen molar-refractivity contribution in [1.29, 1.82) is 0 Å². The zero-order valence-electron chi connectivity index (χ0n) is 18.2. The van der Waals surface area contributed by atoms with Crippen LogP contribution in [0, 0.1) is 20.8 Å². The Hall–Kier alpha value is -1.92. The molecule has 0 radical (unpaired) electrons. The lowest BCUT2D eigenvalue weighted by atomic mass is 10.1. The summed E-state index contributed by atoms with van der Waals surface area (Å²) in [6, 6.07) is 0.988. The summed E-state index contributed by atoms with van der Waals surface area (Å²) < 4.78 is 33.2. The van der Waals surface area contributed by atoms with Crippen LogP contribution in [0.4, 0.5) is 0 Å². The van der Waals surface area contributed by atoms with E-state index in [0.717, 1.165) is 5.56 Å². The Morgan fingerprint density at radius 1 is 1.28 bits per heavy atom. The van der Waals surface area contributed by atoms with E-state index in [1.165, 1.54) is 18.4 Å². The lowest BCUT2D eigenvalue weighted by Crippen LogP contribution is -2.37. The number of thiazole rings is 1. The van der Waals surface area contributed by atoms with Gasteiger partial charge in [-0.1, -0.05) is 0 Å². The van der Waals surface area contributed by atoms with Crippen molar-refractivity contribution in [2.75, 3.05) is 13.7 Å². The highest BCUT2D eigenvalue weighted by molar-refractivity contribution is 7.90. The van der Waals surface area contributed by atoms with Gasteiger partial charge in [-0.2, -0.15) is 0 Å². The minimum Gasteiger partial charge on any atom is -0.496 e. The molecule has 0 aliphatic rings. The number of nitrogens with zero attached hydrogens (tertiary/aromatic N) is 2. The molecule has 180 valence electrons. The van der Waals surface area contributed by atoms with Crippen molar-refractivity contribution in [3.8, 4) is 5.75 Å². The number of methoxy groups -OCH3 is 1. The van der Waals surface area contributed by atoms with Crippen LogP contribution >= 0.6 is 36.2 Å². The maximum atomic E-state index is 12.8. The summed E-state index contributed by atoms with van der Waals surface area (Å²) in [6.45, 7) is 5.43. The molecule has 0 saturated heterocycles. The fraction of sp³-hybridized carbons (Fsp3) is 0.421. The summed E-state index contributed by atoms with van der Waals surface area (Å²) in [7, 11) is -2.38. The van der Waals surface area contributed by atoms with Crippen LogP contribution in [-0.2, 0) is 10.0 Å². The molecule has 13 heteroatoms. The number of hydrogen-bond acceptors (Lipinski definition) is 8. The summed E-state index contributed by atoms with van der Waals surface area (Å²) >= 11 is 1.24. The monoisotopic (exact) mass is 525 g/mol. The van der Waals surface area contributed by atoms with Gasteiger partial charge in [0, 0.05) is 18.1 Å². The average molecular weight is 527 g/mol. The van der Waals surface area contributed by atoms with Crippen LogP contribution in [0.5, 0.6) is 5.75 Å². The predicted octanol–water partition coefficient (Wildman–Crippen LogP) is 2.50. The Labute approximate surface area is 204 Å². The van der Waals surface area contributed by atoms with Crippen LogP contribution in [0.3, 0.4) is 0 Å². The zero-order valence-corrected chi connectivity index (χ0v) is 21.5. The van der Waals surface area contributed by atoms with Gasteiger partial charge >= 0.3 is 0 Å². The van der Waals surface area contributed by atoms with Gasteiger partial charge in [-0.15, -0.1) is 36.2 Å². The number of hydrogen-bond donors (Lipinski definition) is 3. The van der Waals surface area contributed by atoms with Crippen LogP contribution in [0.2, 0.25) is 0 Å². The highest BCUT2D eigenvalue weighted by Crippen LogP contribution is 2.30. The van der Waals surface area contributed by atoms with Gasteiger partial charge in [-0.25, -0.2) is 18.1 Å². The quantitative estimate of drug-likeness (QED) is 0.197. The Morgan fingerprint density at radius 3 is 2.50 bits per heavy atom. The molecule has 0 bridgehead atoms. The summed E-state index contributed by atoms with van der Waals surface area (Å²) in [5, 5.41) is 2.09. The van der Waals surface area contributed by atoms with Gasteiger partial charge in [0.15, 0.2) is 5.01 Å². The fourth-order valence-electron chi connectivity index (χ4n) is 3.01. The second-order valence-corrected chi connectivity index (χ2v) is 9.31. The molecule has 1 heterocycles. The van der Waals surface area contributed by atoms with Gasteiger partial charge in [0.2, 0.25) is 11.7 Å². The first kappa shape index (κ1) is 30.1. The Morgan fingerprint density at radius 2 is 1.94 bits per heavy atom. The van der Waals surface area contributed by atoms with E-state index in [-0.39, 0.29) is 48.0 Å². The van der Waals surface area contributed by atoms with Crippen LogP contribution in [0.1, 0.15) is 39.3 Å². The number of sulfonamides is 1. The summed E-state index contributed by atoms with van der Waals surface area (Å²) in [5.41, 5.74) is 13.5. The second-order valence-electron chi connectivity index (χ2n) is 6.80. The van der Waals surface area contributed by atoms with Crippen molar-refractivity contribution in [2.24, 2.45) is 16.5 Å². The SMILES string of the molecule is COc1cc(C)c(S(=O)(=O)NC(N)=NCCCC(N)C(=O)c2nccs2)c(C)c1C.Cl.Cl. The first-order valence-electron chi connectivity index (χ1n) is 9.25. The lowest BCUT2D eigenvalue weighted by Gasteiger charge is -2.17. The predicted molar refractivity (Wildman–Crippen MR) is 132 cm³/mol. The molecular formula is C19H29Cl2N5O4S2. The number of nitrogens with two attached hydrogens (primary N) is 2. The highest BCUT2D eigenvalue weighted by atomic mass is 35.5. The lowest BCUT2D eigenvalue weighted by molar-refractivity contribution is 0.0956. The largest absolute Gasteiger partial charge is 0.496 e. The number of carbonyl (C=O) groups excluding carboxylic acids is 1. The number of benzene rings is 1. The number of rotatable bonds is 9. The number of aryl methyl sites for hydroxylation is 1. The van der Waals surface area contributed by atoms with E-state index in [9.17, 15) is 13.2 Å². The molecule has 0 fully saturated rings. The van der Waals surface area contributed by atoms with Crippen molar-refractivity contribution in [2.45, 2.75) is 44.6 Å². The molecule has 0 aliphatic carbocycles. The molecule has 9 nitrogen and oxygen atoms in total. The minimum absolute atomic E-state index is 0. The molecule has 32 heavy (non-hydrogen) atoms. The number of nitrogens with one attached hydrogen (secondary N) is 1. The van der Waals surface area contributed by atoms with E-state index in [2.05, 4.69) is 14.7 Å². The van der Waals surface area contributed by atoms with Crippen LogP contribution in [-0.4, -0.2) is 44.8 Å². The van der Waals surface area contributed by atoms with Gasteiger partial charge < -0.3 is 16.2 Å². The van der Waals surface area contributed by atoms with Gasteiger partial charge in [-0.3, -0.25) is 9.79 Å². The Kier molecular flexibility index (Phi) is 12.2. The van der Waals surface area contributed by atoms with Crippen molar-refractivity contribution in [3.05, 3.63) is 39.3 Å². The molecule has 2 rings (SSSR count). The number of carbonyl (C=O) groups is 1. The van der Waals surface area contributed by atoms with E-state index < -0.39 is 16.1 Å². The number of ether oxygens (including phenoxy) is 1. The molecule has 5 N–H and O–H groups in total. The summed E-state index contributed by atoms with van der Waals surface area (Å²) in [4.78, 5) is 20.2. The van der Waals surface area contributed by atoms with Crippen molar-refractivity contribution < 1.29 is 17.9 Å². The van der Waals surface area contributed by atoms with Gasteiger partial charge in [0.1, 0.15) is 5.75 Å². The molecular weight excluding hydrogens is 497 g/mol. The molecule has 0 spiro atoms. The van der Waals surface area contributed by atoms with E-state index in [1.54, 1.807) is 38.4 Å². The van der Waals surface area contributed by atoms with E-state index in [0.29, 0.717) is 34.7 Å². The number of aromatic nitrogens is 1. The van der Waals surface area contributed by atoms with Crippen molar-refractivity contribution in [1.82, 2.24) is 9.71 Å². The smallest absolute Gasteiger partial charge is 0.264 e. The third-order valence-corrected chi connectivity index (χ3v) is 7.07. The number of Topliss-reactive ketones (excluding diaryl/α,β-unsaturated/α-hetero) is 1. The molecule has 0 aliphatic heterocycles. The van der Waals surface area contributed by atoms with E-state index >= 15 is 0 Å². The van der Waals surface area contributed by atoms with Crippen molar-refractivity contribution >= 4 is 57.9 Å². The van der Waals surface area contributed by atoms with Gasteiger partial charge in [0.25, 0.3) is 10.0 Å². The fourth-order valence-corrected chi connectivity index (χ4v) is 5.13. The Bertz CT molecular complexity index is 1040. The first-order valence-corrected chi connectivity index (χ1v) is 11.6. The molecule has 0 amide bonds. The van der Waals surface area contributed by atoms with Crippen LogP contribution in [0.15, 0.2) is 27.5 Å². The number of halogens is 2. The topological polar surface area (TPSA) is 150 Å². The first-order chi connectivity index (χ1) is 14.1. The number of aliphatic imine (C=N–C) groups is 1. The molecule has 1 atom stereocenters. The Balaban J connectivity index is 0.00000480. The summed E-state index contributed by atoms with van der Waals surface area (Å²) in [5.74, 6) is 0.180. The molecule has 1 aromatic carbocycles. The normalized spacial score (nSPS) is 12.3. The standard InChI is InChI=1S/C19H27N5O4S2.2ClH/c1-11-10-15(28-4)12(2)13(3)17(11)30(26,27)24-19(21)23-7-5-6-14(20)16(25)18-22-8-9-29-18;;/h8-10,14H,5-7,20H2,1-4H3,(H3,21,23,24);2*1H. The third kappa shape index (κ3) is 7.31. The zero-order chi connectivity index (χ0) is 22.5. The van der Waals surface area contributed by atoms with E-state index in [4.69, 9.17) is 16.2 Å². The molecule has 1 unspecified atom stereocenters. The molecule has 2 aromatic rings. The molecule has 1 aromatic heterocycles. The maximum Gasteiger partial charge on any atom is 0.264 e. The second kappa shape index (κ2) is 12.9. The van der Waals surface area contributed by atoms with Crippen molar-refractivity contribution in [3.63, 3.8) is 0 Å². The van der Waals surface area contributed by atoms with Crippen LogP contribution < -0.4 is 20.9 Å². The van der Waals surface area contributed by atoms with E-state index in [1.807, 2.05) is 0 Å². The average Bonchev–Trinajstić information content (AvgIpc) is 3.21. The summed E-state index contributed by atoms with van der Waals surface area (Å²) in [6.07, 6.45) is 2.41.